The van der Waals surface area contributed by atoms with E-state index in [0.29, 0.717) is 25.7 Å². The van der Waals surface area contributed by atoms with Crippen LogP contribution in [-0.4, -0.2) is 16.9 Å². The Morgan fingerprint density at radius 1 is 1.17 bits per heavy atom. The van der Waals surface area contributed by atoms with Gasteiger partial charge in [-0.15, -0.1) is 0 Å². The van der Waals surface area contributed by atoms with Gasteiger partial charge in [-0.05, 0) is 74.0 Å². The van der Waals surface area contributed by atoms with E-state index in [-0.39, 0.29) is 23.7 Å². The number of rotatable bonds is 4. The molecular weight excluding hydrogens is 387 g/mol. The molecule has 0 aliphatic heterocycles. The van der Waals surface area contributed by atoms with E-state index < -0.39 is 18.2 Å². The maximum Gasteiger partial charge on any atom is 0.389 e. The van der Waals surface area contributed by atoms with Gasteiger partial charge >= 0.3 is 6.18 Å². The first-order valence-electron chi connectivity index (χ1n) is 10.9. The second kappa shape index (κ2) is 7.89. The van der Waals surface area contributed by atoms with Crippen molar-refractivity contribution in [2.24, 2.45) is 17.3 Å². The summed E-state index contributed by atoms with van der Waals surface area (Å²) in [5, 5.41) is 20.4. The van der Waals surface area contributed by atoms with Gasteiger partial charge in [-0.25, -0.2) is 0 Å². The Labute approximate surface area is 176 Å². The first kappa shape index (κ1) is 21.2. The fraction of sp³-hybridized carbons (Fsp3) is 0.560. The summed E-state index contributed by atoms with van der Waals surface area (Å²) < 4.78 is 38.4. The molecule has 30 heavy (non-hydrogen) atoms. The van der Waals surface area contributed by atoms with Gasteiger partial charge in [0.2, 0.25) is 0 Å². The number of hydrogen-bond donors (Lipinski definition) is 1. The van der Waals surface area contributed by atoms with Crippen molar-refractivity contribution in [3.8, 4) is 6.07 Å². The molecule has 0 saturated heterocycles. The van der Waals surface area contributed by atoms with E-state index >= 15 is 0 Å². The van der Waals surface area contributed by atoms with E-state index in [1.807, 2.05) is 18.2 Å². The Kier molecular flexibility index (Phi) is 5.57. The van der Waals surface area contributed by atoms with Crippen LogP contribution in [-0.2, 0) is 6.42 Å². The topological polar surface area (TPSA) is 44.0 Å². The average molecular weight is 415 g/mol. The number of halogens is 3. The number of nitrogens with zero attached hydrogens (tertiary/aromatic N) is 1. The lowest BCUT2D eigenvalue weighted by Gasteiger charge is -2.55. The number of benzene rings is 1. The summed E-state index contributed by atoms with van der Waals surface area (Å²) in [6, 6.07) is 12.6. The fourth-order valence-corrected chi connectivity index (χ4v) is 5.98. The fourth-order valence-electron chi connectivity index (χ4n) is 5.98. The second-order valence-corrected chi connectivity index (χ2v) is 9.38. The van der Waals surface area contributed by atoms with Crippen LogP contribution >= 0.6 is 0 Å². The lowest BCUT2D eigenvalue weighted by molar-refractivity contribution is -0.155. The molecule has 1 unspecified atom stereocenters. The van der Waals surface area contributed by atoms with E-state index in [2.05, 4.69) is 30.4 Å². The maximum atomic E-state index is 12.8. The number of nitriles is 1. The van der Waals surface area contributed by atoms with E-state index in [0.717, 1.165) is 19.3 Å². The van der Waals surface area contributed by atoms with Crippen LogP contribution in [0.2, 0.25) is 0 Å². The van der Waals surface area contributed by atoms with E-state index in [1.165, 1.54) is 16.7 Å². The van der Waals surface area contributed by atoms with Crippen LogP contribution in [0.3, 0.4) is 0 Å². The van der Waals surface area contributed by atoms with Crippen LogP contribution in [0.4, 0.5) is 13.2 Å². The zero-order chi connectivity index (χ0) is 21.4. The molecule has 0 spiro atoms. The molecule has 1 aromatic carbocycles. The smallest absolute Gasteiger partial charge is 0.389 e. The minimum atomic E-state index is -4.24. The predicted molar refractivity (Wildman–Crippen MR) is 109 cm³/mol. The quantitative estimate of drug-likeness (QED) is 0.629. The summed E-state index contributed by atoms with van der Waals surface area (Å²) in [5.41, 5.74) is 2.32. The van der Waals surface area contributed by atoms with Crippen molar-refractivity contribution in [3.05, 3.63) is 59.2 Å². The van der Waals surface area contributed by atoms with Crippen molar-refractivity contribution in [2.75, 3.05) is 0 Å². The van der Waals surface area contributed by atoms with Gasteiger partial charge in [0.1, 0.15) is 0 Å². The minimum Gasteiger partial charge on any atom is -0.390 e. The van der Waals surface area contributed by atoms with E-state index in [9.17, 15) is 23.5 Å². The number of fused-ring (bicyclic) bond motifs is 3. The molecule has 3 aliphatic carbocycles. The van der Waals surface area contributed by atoms with Crippen LogP contribution in [0.5, 0.6) is 0 Å². The number of hydrogen-bond acceptors (Lipinski definition) is 2. The van der Waals surface area contributed by atoms with Crippen molar-refractivity contribution in [1.29, 1.82) is 5.26 Å². The highest BCUT2D eigenvalue weighted by atomic mass is 19.4. The largest absolute Gasteiger partial charge is 0.390 e. The molecule has 4 rings (SSSR count). The van der Waals surface area contributed by atoms with E-state index in [1.54, 1.807) is 0 Å². The number of aliphatic hydroxyl groups is 1. The van der Waals surface area contributed by atoms with Crippen molar-refractivity contribution >= 4 is 0 Å². The van der Waals surface area contributed by atoms with Gasteiger partial charge in [0.25, 0.3) is 0 Å². The minimum absolute atomic E-state index is 0.0959. The highest BCUT2D eigenvalue weighted by Gasteiger charge is 2.53. The Hall–Kier alpha value is -2.06. The number of allylic oxidation sites excluding steroid dienone is 4. The summed E-state index contributed by atoms with van der Waals surface area (Å²) in [5.74, 6) is 0.0492. The lowest BCUT2D eigenvalue weighted by Crippen LogP contribution is -2.50. The average Bonchev–Trinajstić information content (AvgIpc) is 2.73. The van der Waals surface area contributed by atoms with Crippen LogP contribution in [0, 0.1) is 28.6 Å². The van der Waals surface area contributed by atoms with Crippen LogP contribution in [0.25, 0.3) is 0 Å². The first-order valence-corrected chi connectivity index (χ1v) is 10.9. The third-order valence-corrected chi connectivity index (χ3v) is 7.47. The lowest BCUT2D eigenvalue weighted by atomic mass is 9.50. The molecule has 160 valence electrons. The molecule has 0 amide bonds. The highest BCUT2D eigenvalue weighted by Crippen LogP contribution is 2.60. The molecule has 2 saturated carbocycles. The summed E-state index contributed by atoms with van der Waals surface area (Å²) in [7, 11) is 0. The Balaban J connectivity index is 1.65. The Morgan fingerprint density at radius 2 is 1.93 bits per heavy atom. The maximum absolute atomic E-state index is 12.8. The van der Waals surface area contributed by atoms with Gasteiger partial charge in [0.05, 0.1) is 17.6 Å². The molecule has 0 aromatic heterocycles. The zero-order valence-corrected chi connectivity index (χ0v) is 17.1. The highest BCUT2D eigenvalue weighted by molar-refractivity contribution is 5.45. The summed E-state index contributed by atoms with van der Waals surface area (Å²) in [4.78, 5) is 0. The summed E-state index contributed by atoms with van der Waals surface area (Å²) in [6.07, 6.45) is 3.61. The van der Waals surface area contributed by atoms with Gasteiger partial charge in [-0.2, -0.15) is 18.4 Å². The predicted octanol–water partition coefficient (Wildman–Crippen LogP) is 6.28. The molecule has 2 fully saturated rings. The SMILES string of the molecule is N#CC1C=C2CC[C@@H]3C[C@@](O)(CCC(F)(F)F)CC[C@@]3(Cc3ccccc3)C2=CC1. The van der Waals surface area contributed by atoms with Crippen molar-refractivity contribution in [2.45, 2.75) is 69.6 Å². The summed E-state index contributed by atoms with van der Waals surface area (Å²) in [6.45, 7) is 0. The van der Waals surface area contributed by atoms with Gasteiger partial charge in [0.15, 0.2) is 0 Å². The van der Waals surface area contributed by atoms with E-state index in [4.69, 9.17) is 0 Å². The Bertz CT molecular complexity index is 882. The first-order chi connectivity index (χ1) is 14.2. The van der Waals surface area contributed by atoms with Gasteiger partial charge in [-0.1, -0.05) is 42.5 Å². The number of alkyl halides is 3. The molecule has 5 heteroatoms. The van der Waals surface area contributed by atoms with Gasteiger partial charge in [-0.3, -0.25) is 0 Å². The van der Waals surface area contributed by atoms with Crippen LogP contribution in [0.15, 0.2) is 53.6 Å². The second-order valence-electron chi connectivity index (χ2n) is 9.38. The van der Waals surface area contributed by atoms with Crippen LogP contribution < -0.4 is 0 Å². The molecule has 0 heterocycles. The van der Waals surface area contributed by atoms with Gasteiger partial charge in [0, 0.05) is 11.8 Å². The third kappa shape index (κ3) is 4.21. The molecule has 0 bridgehead atoms. The zero-order valence-electron chi connectivity index (χ0n) is 17.1. The molecular formula is C25H28F3NO. The third-order valence-electron chi connectivity index (χ3n) is 7.47. The van der Waals surface area contributed by atoms with Crippen molar-refractivity contribution in [3.63, 3.8) is 0 Å². The van der Waals surface area contributed by atoms with Gasteiger partial charge < -0.3 is 5.11 Å². The summed E-state index contributed by atoms with van der Waals surface area (Å²) >= 11 is 0. The normalized spacial score (nSPS) is 33.6. The van der Waals surface area contributed by atoms with Crippen molar-refractivity contribution < 1.29 is 18.3 Å². The molecule has 2 nitrogen and oxygen atoms in total. The molecule has 4 atom stereocenters. The molecule has 1 aromatic rings. The molecule has 1 N–H and O–H groups in total. The molecule has 3 aliphatic rings. The van der Waals surface area contributed by atoms with Crippen molar-refractivity contribution in [1.82, 2.24) is 0 Å². The standard InChI is InChI=1S/C25H28F3NO/c26-25(27,28)13-11-23(30)10-12-24(15-18-4-2-1-3-5-18)21(16-23)8-7-20-14-19(17-29)6-9-22(20)24/h1-5,9,14,19,21,30H,6-8,10-13,15-16H2/t19?,21-,23+,24+/m1/s1. The molecule has 0 radical (unpaired) electrons. The Morgan fingerprint density at radius 3 is 2.63 bits per heavy atom. The monoisotopic (exact) mass is 415 g/mol. The van der Waals surface area contributed by atoms with Crippen LogP contribution in [0.1, 0.15) is 56.9 Å².